The van der Waals surface area contributed by atoms with Crippen molar-refractivity contribution in [3.05, 3.63) is 46.8 Å². The van der Waals surface area contributed by atoms with Crippen molar-refractivity contribution in [1.82, 2.24) is 5.32 Å². The van der Waals surface area contributed by atoms with Crippen LogP contribution in [0.2, 0.25) is 0 Å². The van der Waals surface area contributed by atoms with Crippen LogP contribution in [0, 0.1) is 6.92 Å². The Morgan fingerprint density at radius 1 is 1.20 bits per heavy atom. The highest BCUT2D eigenvalue weighted by Crippen LogP contribution is 2.28. The molecule has 1 heterocycles. The summed E-state index contributed by atoms with van der Waals surface area (Å²) in [5.74, 6) is 0. The summed E-state index contributed by atoms with van der Waals surface area (Å²) >= 11 is 1.86. The van der Waals surface area contributed by atoms with Gasteiger partial charge in [-0.3, -0.25) is 0 Å². The molecule has 0 aliphatic carbocycles. The Kier molecular flexibility index (Phi) is 3.19. The standard InChI is InChI=1S/C13H15NS/c1-10-4-3-5-11(8-10)13-7-6-12(15-13)9-14-2/h3-8,14H,9H2,1-2H3. The van der Waals surface area contributed by atoms with Crippen LogP contribution in [0.1, 0.15) is 10.4 Å². The van der Waals surface area contributed by atoms with Crippen molar-refractivity contribution in [1.29, 1.82) is 0 Å². The fourth-order valence-corrected chi connectivity index (χ4v) is 2.62. The molecule has 0 aliphatic rings. The second kappa shape index (κ2) is 4.60. The van der Waals surface area contributed by atoms with E-state index < -0.39 is 0 Å². The van der Waals surface area contributed by atoms with Crippen LogP contribution >= 0.6 is 11.3 Å². The molecule has 2 rings (SSSR count). The molecule has 0 saturated heterocycles. The minimum absolute atomic E-state index is 0.955. The number of rotatable bonds is 3. The van der Waals surface area contributed by atoms with Gasteiger partial charge in [0.1, 0.15) is 0 Å². The van der Waals surface area contributed by atoms with Crippen molar-refractivity contribution in [3.8, 4) is 10.4 Å². The summed E-state index contributed by atoms with van der Waals surface area (Å²) in [5.41, 5.74) is 2.64. The van der Waals surface area contributed by atoms with Crippen molar-refractivity contribution in [3.63, 3.8) is 0 Å². The Hall–Kier alpha value is -1.12. The molecule has 2 heteroatoms. The van der Waals surface area contributed by atoms with E-state index in [0.717, 1.165) is 6.54 Å². The maximum Gasteiger partial charge on any atom is 0.0346 e. The molecule has 1 N–H and O–H groups in total. The van der Waals surface area contributed by atoms with Gasteiger partial charge in [0, 0.05) is 16.3 Å². The Morgan fingerprint density at radius 2 is 2.07 bits per heavy atom. The predicted octanol–water partition coefficient (Wildman–Crippen LogP) is 3.44. The average molecular weight is 217 g/mol. The fraction of sp³-hybridized carbons (Fsp3) is 0.231. The molecular weight excluding hydrogens is 202 g/mol. The van der Waals surface area contributed by atoms with E-state index in [-0.39, 0.29) is 0 Å². The Morgan fingerprint density at radius 3 is 2.80 bits per heavy atom. The van der Waals surface area contributed by atoms with Gasteiger partial charge in [0.25, 0.3) is 0 Å². The summed E-state index contributed by atoms with van der Waals surface area (Å²) < 4.78 is 0. The normalized spacial score (nSPS) is 10.5. The molecule has 0 radical (unpaired) electrons. The molecule has 0 saturated carbocycles. The quantitative estimate of drug-likeness (QED) is 0.830. The van der Waals surface area contributed by atoms with Gasteiger partial charge in [-0.1, -0.05) is 29.8 Å². The molecule has 0 bridgehead atoms. The van der Waals surface area contributed by atoms with E-state index in [0.29, 0.717) is 0 Å². The van der Waals surface area contributed by atoms with Crippen molar-refractivity contribution in [2.24, 2.45) is 0 Å². The van der Waals surface area contributed by atoms with E-state index in [2.05, 4.69) is 48.6 Å². The number of thiophene rings is 1. The van der Waals surface area contributed by atoms with Crippen molar-refractivity contribution >= 4 is 11.3 Å². The second-order valence-corrected chi connectivity index (χ2v) is 4.83. The van der Waals surface area contributed by atoms with Crippen LogP contribution in [0.25, 0.3) is 10.4 Å². The van der Waals surface area contributed by atoms with Crippen molar-refractivity contribution in [2.45, 2.75) is 13.5 Å². The van der Waals surface area contributed by atoms with Gasteiger partial charge in [-0.15, -0.1) is 11.3 Å². The first-order valence-electron chi connectivity index (χ1n) is 5.10. The zero-order chi connectivity index (χ0) is 10.7. The molecule has 1 aromatic heterocycles. The van der Waals surface area contributed by atoms with Gasteiger partial charge in [-0.2, -0.15) is 0 Å². The maximum absolute atomic E-state index is 3.17. The van der Waals surface area contributed by atoms with Crippen LogP contribution in [-0.4, -0.2) is 7.05 Å². The van der Waals surface area contributed by atoms with Gasteiger partial charge in [0.2, 0.25) is 0 Å². The third kappa shape index (κ3) is 2.46. The number of hydrogen-bond acceptors (Lipinski definition) is 2. The molecule has 0 spiro atoms. The summed E-state index contributed by atoms with van der Waals surface area (Å²) in [6, 6.07) is 13.0. The number of nitrogens with one attached hydrogen (secondary N) is 1. The molecule has 0 atom stereocenters. The largest absolute Gasteiger partial charge is 0.315 e. The lowest BCUT2D eigenvalue weighted by atomic mass is 10.1. The van der Waals surface area contributed by atoms with E-state index in [1.165, 1.54) is 20.9 Å². The molecule has 0 aliphatic heterocycles. The Balaban J connectivity index is 2.29. The lowest BCUT2D eigenvalue weighted by Crippen LogP contribution is -2.02. The number of benzene rings is 1. The molecule has 0 unspecified atom stereocenters. The lowest BCUT2D eigenvalue weighted by Gasteiger charge is -1.98. The molecule has 1 nitrogen and oxygen atoms in total. The van der Waals surface area contributed by atoms with Crippen LogP contribution in [0.15, 0.2) is 36.4 Å². The van der Waals surface area contributed by atoms with Crippen LogP contribution in [0.5, 0.6) is 0 Å². The summed E-state index contributed by atoms with van der Waals surface area (Å²) in [6.07, 6.45) is 0. The third-order valence-electron chi connectivity index (χ3n) is 2.32. The predicted molar refractivity (Wildman–Crippen MR) is 67.3 cm³/mol. The maximum atomic E-state index is 3.17. The molecule has 78 valence electrons. The van der Waals surface area contributed by atoms with Crippen LogP contribution in [-0.2, 0) is 6.54 Å². The highest BCUT2D eigenvalue weighted by atomic mass is 32.1. The molecule has 1 aromatic carbocycles. The topological polar surface area (TPSA) is 12.0 Å². The van der Waals surface area contributed by atoms with Gasteiger partial charge >= 0.3 is 0 Å². The second-order valence-electron chi connectivity index (χ2n) is 3.67. The minimum Gasteiger partial charge on any atom is -0.315 e. The summed E-state index contributed by atoms with van der Waals surface area (Å²) in [4.78, 5) is 2.73. The van der Waals surface area contributed by atoms with E-state index in [4.69, 9.17) is 0 Å². The van der Waals surface area contributed by atoms with Gasteiger partial charge in [0.05, 0.1) is 0 Å². The van der Waals surface area contributed by atoms with Gasteiger partial charge < -0.3 is 5.32 Å². The first-order valence-corrected chi connectivity index (χ1v) is 5.91. The average Bonchev–Trinajstić information content (AvgIpc) is 2.67. The van der Waals surface area contributed by atoms with E-state index in [1.54, 1.807) is 0 Å². The first-order chi connectivity index (χ1) is 7.29. The Bertz CT molecular complexity index is 445. The van der Waals surface area contributed by atoms with E-state index >= 15 is 0 Å². The summed E-state index contributed by atoms with van der Waals surface area (Å²) in [6.45, 7) is 3.09. The van der Waals surface area contributed by atoms with Gasteiger partial charge in [-0.25, -0.2) is 0 Å². The smallest absolute Gasteiger partial charge is 0.0346 e. The monoisotopic (exact) mass is 217 g/mol. The SMILES string of the molecule is CNCc1ccc(-c2cccc(C)c2)s1. The molecule has 0 fully saturated rings. The zero-order valence-electron chi connectivity index (χ0n) is 9.08. The van der Waals surface area contributed by atoms with Gasteiger partial charge in [-0.05, 0) is 31.7 Å². The third-order valence-corrected chi connectivity index (χ3v) is 3.45. The zero-order valence-corrected chi connectivity index (χ0v) is 9.90. The number of aryl methyl sites for hydroxylation is 1. The summed E-state index contributed by atoms with van der Waals surface area (Å²) in [7, 11) is 1.98. The molecule has 0 amide bonds. The highest BCUT2D eigenvalue weighted by molar-refractivity contribution is 7.15. The molecular formula is C13H15NS. The molecule has 2 aromatic rings. The van der Waals surface area contributed by atoms with Gasteiger partial charge in [0.15, 0.2) is 0 Å². The first kappa shape index (κ1) is 10.4. The molecule has 15 heavy (non-hydrogen) atoms. The Labute approximate surface area is 94.8 Å². The van der Waals surface area contributed by atoms with E-state index in [9.17, 15) is 0 Å². The van der Waals surface area contributed by atoms with E-state index in [1.807, 2.05) is 18.4 Å². The van der Waals surface area contributed by atoms with Crippen molar-refractivity contribution in [2.75, 3.05) is 7.05 Å². The van der Waals surface area contributed by atoms with Crippen LogP contribution in [0.4, 0.5) is 0 Å². The fourth-order valence-electron chi connectivity index (χ4n) is 1.60. The summed E-state index contributed by atoms with van der Waals surface area (Å²) in [5, 5.41) is 3.17. The van der Waals surface area contributed by atoms with Crippen molar-refractivity contribution < 1.29 is 0 Å². The van der Waals surface area contributed by atoms with Crippen LogP contribution in [0.3, 0.4) is 0 Å². The highest BCUT2D eigenvalue weighted by Gasteiger charge is 2.01. The van der Waals surface area contributed by atoms with Crippen LogP contribution < -0.4 is 5.32 Å². The number of hydrogen-bond donors (Lipinski definition) is 1. The minimum atomic E-state index is 0.955. The lowest BCUT2D eigenvalue weighted by molar-refractivity contribution is 0.831.